The normalized spacial score (nSPS) is 22.7. The molecule has 1 aromatic heterocycles. The molecule has 0 spiro atoms. The van der Waals surface area contributed by atoms with Gasteiger partial charge in [0.2, 0.25) is 11.8 Å². The third-order valence-corrected chi connectivity index (χ3v) is 5.20. The summed E-state index contributed by atoms with van der Waals surface area (Å²) < 4.78 is 1.82. The molecule has 2 saturated heterocycles. The first-order chi connectivity index (χ1) is 11.9. The van der Waals surface area contributed by atoms with E-state index in [0.29, 0.717) is 13.0 Å². The maximum atomic E-state index is 12.9. The van der Waals surface area contributed by atoms with Crippen molar-refractivity contribution in [1.82, 2.24) is 24.5 Å². The Labute approximate surface area is 149 Å². The predicted molar refractivity (Wildman–Crippen MR) is 94.6 cm³/mol. The molecule has 0 saturated carbocycles. The molecule has 2 aliphatic heterocycles. The molecule has 0 aliphatic carbocycles. The van der Waals surface area contributed by atoms with Gasteiger partial charge in [-0.1, -0.05) is 0 Å². The van der Waals surface area contributed by atoms with Crippen LogP contribution in [0.4, 0.5) is 0 Å². The van der Waals surface area contributed by atoms with Crippen LogP contribution in [0.1, 0.15) is 32.3 Å². The maximum absolute atomic E-state index is 12.9. The van der Waals surface area contributed by atoms with Gasteiger partial charge in [-0.05, 0) is 20.3 Å². The highest BCUT2D eigenvalue weighted by Gasteiger charge is 2.37. The highest BCUT2D eigenvalue weighted by Crippen LogP contribution is 2.23. The van der Waals surface area contributed by atoms with Crippen molar-refractivity contribution in [2.45, 2.75) is 39.3 Å². The monoisotopic (exact) mass is 347 g/mol. The van der Waals surface area contributed by atoms with Crippen LogP contribution in [-0.4, -0.2) is 75.1 Å². The molecule has 0 bridgehead atoms. The van der Waals surface area contributed by atoms with Gasteiger partial charge in [-0.15, -0.1) is 0 Å². The Kier molecular flexibility index (Phi) is 5.42. The Morgan fingerprint density at radius 3 is 2.72 bits per heavy atom. The second kappa shape index (κ2) is 7.56. The maximum Gasteiger partial charge on any atom is 0.228 e. The summed E-state index contributed by atoms with van der Waals surface area (Å²) in [6.07, 6.45) is 5.28. The van der Waals surface area contributed by atoms with Gasteiger partial charge in [-0.3, -0.25) is 19.2 Å². The highest BCUT2D eigenvalue weighted by molar-refractivity contribution is 5.89. The van der Waals surface area contributed by atoms with Crippen molar-refractivity contribution in [3.8, 4) is 0 Å². The largest absolute Gasteiger partial charge is 0.341 e. The van der Waals surface area contributed by atoms with Gasteiger partial charge >= 0.3 is 0 Å². The predicted octanol–water partition coefficient (Wildman–Crippen LogP) is 0.711. The van der Waals surface area contributed by atoms with E-state index in [9.17, 15) is 9.59 Å². The molecule has 25 heavy (non-hydrogen) atoms. The van der Waals surface area contributed by atoms with E-state index >= 15 is 0 Å². The minimum atomic E-state index is -0.167. The lowest BCUT2D eigenvalue weighted by Gasteiger charge is -2.25. The van der Waals surface area contributed by atoms with E-state index < -0.39 is 0 Å². The number of carbonyl (C=O) groups is 2. The van der Waals surface area contributed by atoms with Crippen molar-refractivity contribution in [1.29, 1.82) is 0 Å². The van der Waals surface area contributed by atoms with Crippen LogP contribution in [0.2, 0.25) is 0 Å². The summed E-state index contributed by atoms with van der Waals surface area (Å²) in [6.45, 7) is 8.85. The summed E-state index contributed by atoms with van der Waals surface area (Å²) in [7, 11) is 1.93. The first kappa shape index (κ1) is 17.9. The summed E-state index contributed by atoms with van der Waals surface area (Å²) in [5, 5.41) is 4.22. The van der Waals surface area contributed by atoms with Crippen molar-refractivity contribution in [3.63, 3.8) is 0 Å². The Hall–Kier alpha value is -1.89. The zero-order chi connectivity index (χ0) is 18.0. The molecule has 3 rings (SSSR count). The number of aromatic nitrogens is 2. The second-order valence-electron chi connectivity index (χ2n) is 7.52. The Morgan fingerprint density at radius 2 is 2.08 bits per heavy atom. The van der Waals surface area contributed by atoms with Crippen LogP contribution in [-0.2, 0) is 23.2 Å². The number of likely N-dealkylation sites (tertiary alicyclic amines) is 1. The first-order valence-electron chi connectivity index (χ1n) is 9.22. The molecule has 2 fully saturated rings. The van der Waals surface area contributed by atoms with Gasteiger partial charge in [0.15, 0.2) is 0 Å². The summed E-state index contributed by atoms with van der Waals surface area (Å²) in [4.78, 5) is 31.1. The van der Waals surface area contributed by atoms with Crippen molar-refractivity contribution in [2.24, 2.45) is 13.0 Å². The number of carbonyl (C=O) groups excluding carboxylic acids is 2. The molecule has 1 atom stereocenters. The van der Waals surface area contributed by atoms with E-state index in [1.807, 2.05) is 47.8 Å². The molecule has 1 unspecified atom stereocenters. The number of nitrogens with zero attached hydrogens (tertiary/aromatic N) is 5. The lowest BCUT2D eigenvalue weighted by molar-refractivity contribution is -0.135. The average molecular weight is 347 g/mol. The molecular formula is C18H29N5O2. The van der Waals surface area contributed by atoms with Gasteiger partial charge < -0.3 is 9.80 Å². The number of aryl methyl sites for hydroxylation is 1. The number of hydrogen-bond acceptors (Lipinski definition) is 4. The minimum Gasteiger partial charge on any atom is -0.341 e. The quantitative estimate of drug-likeness (QED) is 0.805. The summed E-state index contributed by atoms with van der Waals surface area (Å²) in [6, 6.07) is 0.171. The molecule has 7 nitrogen and oxygen atoms in total. The van der Waals surface area contributed by atoms with Gasteiger partial charge in [0.05, 0.1) is 12.1 Å². The summed E-state index contributed by atoms with van der Waals surface area (Å²) >= 11 is 0. The molecule has 1 aromatic rings. The molecule has 2 amide bonds. The van der Waals surface area contributed by atoms with E-state index in [4.69, 9.17) is 0 Å². The topological polar surface area (TPSA) is 61.7 Å². The Bertz CT molecular complexity index is 627. The van der Waals surface area contributed by atoms with Crippen LogP contribution in [0.15, 0.2) is 12.4 Å². The van der Waals surface area contributed by atoms with Gasteiger partial charge in [0.1, 0.15) is 0 Å². The van der Waals surface area contributed by atoms with E-state index in [2.05, 4.69) is 10.00 Å². The number of rotatable bonds is 4. The van der Waals surface area contributed by atoms with E-state index in [1.165, 1.54) is 5.56 Å². The third kappa shape index (κ3) is 4.21. The Morgan fingerprint density at radius 1 is 1.28 bits per heavy atom. The van der Waals surface area contributed by atoms with Crippen LogP contribution in [0.25, 0.3) is 0 Å². The lowest BCUT2D eigenvalue weighted by Crippen LogP contribution is -2.40. The fourth-order valence-corrected chi connectivity index (χ4v) is 3.82. The van der Waals surface area contributed by atoms with Crippen LogP contribution in [0.3, 0.4) is 0 Å². The summed E-state index contributed by atoms with van der Waals surface area (Å²) in [5.74, 6) is 0.0980. The fraction of sp³-hybridized carbons (Fsp3) is 0.722. The number of amides is 2. The smallest absolute Gasteiger partial charge is 0.228 e. The van der Waals surface area contributed by atoms with Crippen LogP contribution in [0.5, 0.6) is 0 Å². The van der Waals surface area contributed by atoms with E-state index in [1.54, 1.807) is 0 Å². The zero-order valence-corrected chi connectivity index (χ0v) is 15.5. The average Bonchev–Trinajstić information content (AvgIpc) is 3.06. The van der Waals surface area contributed by atoms with Gasteiger partial charge in [0, 0.05) is 70.5 Å². The van der Waals surface area contributed by atoms with Crippen molar-refractivity contribution in [2.75, 3.05) is 32.7 Å². The fourth-order valence-electron chi connectivity index (χ4n) is 3.82. The van der Waals surface area contributed by atoms with Crippen LogP contribution in [0, 0.1) is 5.92 Å². The third-order valence-electron chi connectivity index (χ3n) is 5.20. The standard InChI is InChI=1S/C18H29N5O2/c1-14(2)23-13-16(9-17(23)24)18(25)22-6-4-5-21(7-8-22)12-15-10-19-20(3)11-15/h10-11,14,16H,4-9,12-13H2,1-3H3. The molecule has 2 aliphatic rings. The van der Waals surface area contributed by atoms with Crippen molar-refractivity contribution >= 4 is 11.8 Å². The Balaban J connectivity index is 1.54. The van der Waals surface area contributed by atoms with Gasteiger partial charge in [0.25, 0.3) is 0 Å². The molecular weight excluding hydrogens is 318 g/mol. The van der Waals surface area contributed by atoms with E-state index in [0.717, 1.165) is 39.1 Å². The number of hydrogen-bond donors (Lipinski definition) is 0. The highest BCUT2D eigenvalue weighted by atomic mass is 16.2. The van der Waals surface area contributed by atoms with Crippen molar-refractivity contribution in [3.05, 3.63) is 18.0 Å². The molecule has 0 radical (unpaired) electrons. The molecule has 0 N–H and O–H groups in total. The van der Waals surface area contributed by atoms with Gasteiger partial charge in [-0.2, -0.15) is 5.10 Å². The van der Waals surface area contributed by atoms with Crippen molar-refractivity contribution < 1.29 is 9.59 Å². The van der Waals surface area contributed by atoms with E-state index in [-0.39, 0.29) is 23.8 Å². The first-order valence-corrected chi connectivity index (χ1v) is 9.22. The molecule has 138 valence electrons. The SMILES string of the molecule is CC(C)N1CC(C(=O)N2CCCN(Cc3cnn(C)c3)CC2)CC1=O. The lowest BCUT2D eigenvalue weighted by atomic mass is 10.1. The van der Waals surface area contributed by atoms with Crippen LogP contribution < -0.4 is 0 Å². The van der Waals surface area contributed by atoms with Crippen LogP contribution >= 0.6 is 0 Å². The molecule has 7 heteroatoms. The molecule has 0 aromatic carbocycles. The molecule has 3 heterocycles. The zero-order valence-electron chi connectivity index (χ0n) is 15.5. The summed E-state index contributed by atoms with van der Waals surface area (Å²) in [5.41, 5.74) is 1.20. The minimum absolute atomic E-state index is 0.112. The van der Waals surface area contributed by atoms with Gasteiger partial charge in [-0.25, -0.2) is 0 Å². The second-order valence-corrected chi connectivity index (χ2v) is 7.52.